The number of allylic oxidation sites excluding steroid dienone is 2. The van der Waals surface area contributed by atoms with E-state index in [2.05, 4.69) is 0 Å². The van der Waals surface area contributed by atoms with Gasteiger partial charge in [0, 0.05) is 6.07 Å². The van der Waals surface area contributed by atoms with Crippen LogP contribution in [0.3, 0.4) is 0 Å². The molecule has 0 saturated carbocycles. The van der Waals surface area contributed by atoms with Crippen molar-refractivity contribution in [3.8, 4) is 17.2 Å². The van der Waals surface area contributed by atoms with E-state index >= 15 is 0 Å². The number of rotatable bonds is 5. The fourth-order valence-electron chi connectivity index (χ4n) is 2.42. The van der Waals surface area contributed by atoms with E-state index in [0.29, 0.717) is 22.8 Å². The van der Waals surface area contributed by atoms with E-state index in [0.717, 1.165) is 31.3 Å². The van der Waals surface area contributed by atoms with Gasteiger partial charge in [-0.05, 0) is 37.3 Å². The predicted molar refractivity (Wildman–Crippen MR) is 77.0 cm³/mol. The minimum atomic E-state index is 0.0162. The van der Waals surface area contributed by atoms with E-state index in [4.69, 9.17) is 14.2 Å². The first-order valence-electron chi connectivity index (χ1n) is 6.75. The van der Waals surface area contributed by atoms with Crippen molar-refractivity contribution in [2.75, 3.05) is 21.3 Å². The van der Waals surface area contributed by atoms with Crippen LogP contribution in [0.4, 0.5) is 0 Å². The second kappa shape index (κ2) is 6.46. The Morgan fingerprint density at radius 3 is 2.15 bits per heavy atom. The van der Waals surface area contributed by atoms with Crippen molar-refractivity contribution >= 4 is 5.78 Å². The molecule has 1 aromatic rings. The summed E-state index contributed by atoms with van der Waals surface area (Å²) < 4.78 is 15.8. The third-order valence-electron chi connectivity index (χ3n) is 3.53. The summed E-state index contributed by atoms with van der Waals surface area (Å²) in [4.78, 5) is 12.6. The molecule has 0 saturated heterocycles. The van der Waals surface area contributed by atoms with Gasteiger partial charge in [0.2, 0.25) is 0 Å². The fraction of sp³-hybridized carbons (Fsp3) is 0.438. The molecule has 0 radical (unpaired) electrons. The summed E-state index contributed by atoms with van der Waals surface area (Å²) >= 11 is 0. The van der Waals surface area contributed by atoms with Gasteiger partial charge in [-0.2, -0.15) is 0 Å². The Kier molecular flexibility index (Phi) is 4.66. The number of Topliss-reactive ketones (excluding diaryl/α,β-unsaturated/α-hetero) is 1. The van der Waals surface area contributed by atoms with Gasteiger partial charge in [0.25, 0.3) is 0 Å². The van der Waals surface area contributed by atoms with Gasteiger partial charge in [-0.1, -0.05) is 6.08 Å². The molecule has 1 aromatic carbocycles. The highest BCUT2D eigenvalue weighted by Crippen LogP contribution is 2.36. The summed E-state index contributed by atoms with van der Waals surface area (Å²) in [6, 6.07) is 3.38. The average molecular weight is 276 g/mol. The fourth-order valence-corrected chi connectivity index (χ4v) is 2.42. The summed E-state index contributed by atoms with van der Waals surface area (Å²) in [6.45, 7) is 0. The highest BCUT2D eigenvalue weighted by atomic mass is 16.5. The van der Waals surface area contributed by atoms with Gasteiger partial charge in [0.05, 0.1) is 26.9 Å². The van der Waals surface area contributed by atoms with E-state index in [1.54, 1.807) is 33.5 Å². The maximum absolute atomic E-state index is 12.6. The van der Waals surface area contributed by atoms with Crippen LogP contribution in [0.2, 0.25) is 0 Å². The molecule has 20 heavy (non-hydrogen) atoms. The van der Waals surface area contributed by atoms with Crippen molar-refractivity contribution in [1.29, 1.82) is 0 Å². The van der Waals surface area contributed by atoms with Crippen LogP contribution in [0.5, 0.6) is 17.2 Å². The quantitative estimate of drug-likeness (QED) is 0.773. The Morgan fingerprint density at radius 2 is 1.60 bits per heavy atom. The van der Waals surface area contributed by atoms with E-state index in [1.807, 2.05) is 6.08 Å². The smallest absolute Gasteiger partial charge is 0.192 e. The predicted octanol–water partition coefficient (Wildman–Crippen LogP) is 3.40. The molecule has 2 rings (SSSR count). The molecule has 0 aliphatic heterocycles. The lowest BCUT2D eigenvalue weighted by Crippen LogP contribution is -2.09. The maximum Gasteiger partial charge on any atom is 0.192 e. The van der Waals surface area contributed by atoms with Crippen molar-refractivity contribution in [2.24, 2.45) is 0 Å². The van der Waals surface area contributed by atoms with Crippen LogP contribution in [0, 0.1) is 0 Å². The molecule has 0 bridgehead atoms. The number of ketones is 1. The van der Waals surface area contributed by atoms with Crippen molar-refractivity contribution in [2.45, 2.75) is 25.7 Å². The lowest BCUT2D eigenvalue weighted by Gasteiger charge is -2.16. The minimum Gasteiger partial charge on any atom is -0.496 e. The SMILES string of the molecule is COc1cc(OC)c(C(=O)C2=CCCCC2)cc1OC. The van der Waals surface area contributed by atoms with Gasteiger partial charge in [-0.15, -0.1) is 0 Å². The second-order valence-electron chi connectivity index (χ2n) is 4.71. The third kappa shape index (κ3) is 2.79. The van der Waals surface area contributed by atoms with Crippen molar-refractivity contribution in [3.05, 3.63) is 29.3 Å². The van der Waals surface area contributed by atoms with Crippen molar-refractivity contribution in [1.82, 2.24) is 0 Å². The molecule has 1 aliphatic carbocycles. The van der Waals surface area contributed by atoms with E-state index < -0.39 is 0 Å². The van der Waals surface area contributed by atoms with Crippen molar-refractivity contribution < 1.29 is 19.0 Å². The van der Waals surface area contributed by atoms with E-state index in [-0.39, 0.29) is 5.78 Å². The summed E-state index contributed by atoms with van der Waals surface area (Å²) in [7, 11) is 4.66. The molecule has 0 aromatic heterocycles. The minimum absolute atomic E-state index is 0.0162. The van der Waals surface area contributed by atoms with Crippen LogP contribution in [-0.4, -0.2) is 27.1 Å². The highest BCUT2D eigenvalue weighted by molar-refractivity contribution is 6.11. The number of benzene rings is 1. The van der Waals surface area contributed by atoms with E-state index in [1.165, 1.54) is 0 Å². The Balaban J connectivity index is 2.43. The Hall–Kier alpha value is -1.97. The topological polar surface area (TPSA) is 44.8 Å². The molecule has 0 heterocycles. The first-order chi connectivity index (χ1) is 9.71. The number of hydrogen-bond donors (Lipinski definition) is 0. The molecule has 4 nitrogen and oxygen atoms in total. The molecule has 0 unspecified atom stereocenters. The van der Waals surface area contributed by atoms with Gasteiger partial charge < -0.3 is 14.2 Å². The van der Waals surface area contributed by atoms with Crippen LogP contribution in [-0.2, 0) is 0 Å². The summed E-state index contributed by atoms with van der Waals surface area (Å²) in [5.74, 6) is 1.62. The number of carbonyl (C=O) groups excluding carboxylic acids is 1. The van der Waals surface area contributed by atoms with Crippen LogP contribution in [0.25, 0.3) is 0 Å². The zero-order chi connectivity index (χ0) is 14.5. The molecule has 0 N–H and O–H groups in total. The average Bonchev–Trinajstić information content (AvgIpc) is 2.53. The van der Waals surface area contributed by atoms with Crippen LogP contribution in [0.15, 0.2) is 23.8 Å². The second-order valence-corrected chi connectivity index (χ2v) is 4.71. The van der Waals surface area contributed by atoms with Gasteiger partial charge in [0.1, 0.15) is 5.75 Å². The Morgan fingerprint density at radius 1 is 0.950 bits per heavy atom. The Bertz CT molecular complexity index is 532. The Labute approximate surface area is 119 Å². The zero-order valence-corrected chi connectivity index (χ0v) is 12.2. The van der Waals surface area contributed by atoms with Crippen LogP contribution >= 0.6 is 0 Å². The molecule has 0 atom stereocenters. The summed E-state index contributed by atoms with van der Waals surface area (Å²) in [5, 5.41) is 0. The molecule has 4 heteroatoms. The zero-order valence-electron chi connectivity index (χ0n) is 12.2. The van der Waals surface area contributed by atoms with Crippen LogP contribution < -0.4 is 14.2 Å². The number of ether oxygens (including phenoxy) is 3. The largest absolute Gasteiger partial charge is 0.496 e. The van der Waals surface area contributed by atoms with Gasteiger partial charge in [-0.3, -0.25) is 4.79 Å². The molecule has 0 fully saturated rings. The number of carbonyl (C=O) groups is 1. The molecule has 0 amide bonds. The third-order valence-corrected chi connectivity index (χ3v) is 3.53. The first-order valence-corrected chi connectivity index (χ1v) is 6.75. The lowest BCUT2D eigenvalue weighted by molar-refractivity contribution is 0.102. The van der Waals surface area contributed by atoms with Gasteiger partial charge >= 0.3 is 0 Å². The molecule has 108 valence electrons. The monoisotopic (exact) mass is 276 g/mol. The first kappa shape index (κ1) is 14.4. The van der Waals surface area contributed by atoms with E-state index in [9.17, 15) is 4.79 Å². The van der Waals surface area contributed by atoms with Gasteiger partial charge in [0.15, 0.2) is 17.3 Å². The molecular weight excluding hydrogens is 256 g/mol. The number of methoxy groups -OCH3 is 3. The normalized spacial score (nSPS) is 14.4. The van der Waals surface area contributed by atoms with Gasteiger partial charge in [-0.25, -0.2) is 0 Å². The molecule has 0 spiro atoms. The molecular formula is C16H20O4. The lowest BCUT2D eigenvalue weighted by atomic mass is 9.92. The standard InChI is InChI=1S/C16H20O4/c1-18-13-10-15(20-3)14(19-2)9-12(13)16(17)11-7-5-4-6-8-11/h7,9-10H,4-6,8H2,1-3H3. The summed E-state index contributed by atoms with van der Waals surface area (Å²) in [6.07, 6.45) is 6.04. The van der Waals surface area contributed by atoms with Crippen LogP contribution in [0.1, 0.15) is 36.0 Å². The maximum atomic E-state index is 12.6. The number of hydrogen-bond acceptors (Lipinski definition) is 4. The molecule has 1 aliphatic rings. The van der Waals surface area contributed by atoms with Crippen molar-refractivity contribution in [3.63, 3.8) is 0 Å². The summed E-state index contributed by atoms with van der Waals surface area (Å²) in [5.41, 5.74) is 1.39. The highest BCUT2D eigenvalue weighted by Gasteiger charge is 2.21.